The average Bonchev–Trinajstić information content (AvgIpc) is 2.62. The van der Waals surface area contributed by atoms with Crippen molar-refractivity contribution in [2.24, 2.45) is 0 Å². The molecule has 0 aliphatic heterocycles. The van der Waals surface area contributed by atoms with E-state index in [9.17, 15) is 13.2 Å². The minimum atomic E-state index is -3.71. The van der Waals surface area contributed by atoms with Crippen molar-refractivity contribution in [3.8, 4) is 11.3 Å². The van der Waals surface area contributed by atoms with Crippen molar-refractivity contribution in [1.29, 1.82) is 0 Å². The molecule has 3 aromatic rings. The molecule has 0 spiro atoms. The highest BCUT2D eigenvalue weighted by Gasteiger charge is 2.15. The van der Waals surface area contributed by atoms with E-state index in [-0.39, 0.29) is 16.3 Å². The lowest BCUT2D eigenvalue weighted by atomic mass is 10.1. The largest absolute Gasteiger partial charge is 0.326 e. The van der Waals surface area contributed by atoms with Crippen molar-refractivity contribution in [1.82, 2.24) is 9.97 Å². The SMILES string of the molecule is CCc1cc(-c2cccc(NS(=O)(=O)c3ccccc3)n2)c(C)[nH]c1=O. The molecule has 0 aliphatic carbocycles. The van der Waals surface area contributed by atoms with Crippen molar-refractivity contribution >= 4 is 15.8 Å². The monoisotopic (exact) mass is 369 g/mol. The van der Waals surface area contributed by atoms with E-state index in [1.54, 1.807) is 49.4 Å². The average molecular weight is 369 g/mol. The van der Waals surface area contributed by atoms with Gasteiger partial charge < -0.3 is 4.98 Å². The number of pyridine rings is 2. The van der Waals surface area contributed by atoms with Crippen molar-refractivity contribution < 1.29 is 8.42 Å². The van der Waals surface area contributed by atoms with E-state index in [0.29, 0.717) is 23.4 Å². The number of benzene rings is 1. The molecule has 2 heterocycles. The number of H-pyrrole nitrogens is 1. The van der Waals surface area contributed by atoms with Crippen LogP contribution in [0.5, 0.6) is 0 Å². The standard InChI is InChI=1S/C19H19N3O3S/c1-3-14-12-16(13(2)20-19(14)23)17-10-7-11-18(21-17)22-26(24,25)15-8-5-4-6-9-15/h4-12H,3H2,1-2H3,(H,20,23)(H,21,22). The number of hydrogen-bond acceptors (Lipinski definition) is 4. The van der Waals surface area contributed by atoms with E-state index in [1.807, 2.05) is 6.92 Å². The second kappa shape index (κ2) is 7.13. The van der Waals surface area contributed by atoms with Crippen LogP contribution in [-0.2, 0) is 16.4 Å². The van der Waals surface area contributed by atoms with Gasteiger partial charge in [0.2, 0.25) is 0 Å². The lowest BCUT2D eigenvalue weighted by Gasteiger charge is -2.11. The lowest BCUT2D eigenvalue weighted by molar-refractivity contribution is 0.601. The summed E-state index contributed by atoms with van der Waals surface area (Å²) in [7, 11) is -3.71. The van der Waals surface area contributed by atoms with Gasteiger partial charge in [0.25, 0.3) is 15.6 Å². The molecule has 6 nitrogen and oxygen atoms in total. The zero-order valence-electron chi connectivity index (χ0n) is 14.5. The van der Waals surface area contributed by atoms with Gasteiger partial charge in [-0.05, 0) is 43.7 Å². The number of aromatic amines is 1. The van der Waals surface area contributed by atoms with Gasteiger partial charge in [-0.1, -0.05) is 31.2 Å². The fourth-order valence-corrected chi connectivity index (χ4v) is 3.65. The second-order valence-electron chi connectivity index (χ2n) is 5.84. The Morgan fingerprint density at radius 2 is 1.81 bits per heavy atom. The number of aromatic nitrogens is 2. The summed E-state index contributed by atoms with van der Waals surface area (Å²) in [5.41, 5.74) is 2.57. The summed E-state index contributed by atoms with van der Waals surface area (Å²) in [6.07, 6.45) is 0.600. The van der Waals surface area contributed by atoms with Crippen LogP contribution in [0.15, 0.2) is 64.3 Å². The molecule has 0 aliphatic rings. The molecule has 0 amide bonds. The molecule has 3 rings (SSSR count). The zero-order valence-corrected chi connectivity index (χ0v) is 15.3. The minimum absolute atomic E-state index is 0.116. The molecule has 7 heteroatoms. The maximum Gasteiger partial charge on any atom is 0.263 e. The van der Waals surface area contributed by atoms with Crippen LogP contribution in [0.3, 0.4) is 0 Å². The number of aryl methyl sites for hydroxylation is 2. The summed E-state index contributed by atoms with van der Waals surface area (Å²) in [5, 5.41) is 0. The molecular formula is C19H19N3O3S. The van der Waals surface area contributed by atoms with Crippen molar-refractivity contribution in [2.45, 2.75) is 25.2 Å². The van der Waals surface area contributed by atoms with Crippen LogP contribution >= 0.6 is 0 Å². The molecule has 0 fully saturated rings. The Morgan fingerprint density at radius 3 is 2.50 bits per heavy atom. The van der Waals surface area contributed by atoms with Crippen LogP contribution in [0, 0.1) is 6.92 Å². The predicted molar refractivity (Wildman–Crippen MR) is 102 cm³/mol. The first-order valence-corrected chi connectivity index (χ1v) is 9.67. The predicted octanol–water partition coefficient (Wildman–Crippen LogP) is 3.11. The summed E-state index contributed by atoms with van der Waals surface area (Å²) in [4.78, 5) is 19.3. The molecule has 2 N–H and O–H groups in total. The van der Waals surface area contributed by atoms with Crippen LogP contribution in [0.25, 0.3) is 11.3 Å². The summed E-state index contributed by atoms with van der Waals surface area (Å²) in [6, 6.07) is 15.0. The highest BCUT2D eigenvalue weighted by molar-refractivity contribution is 7.92. The Balaban J connectivity index is 1.99. The first-order chi connectivity index (χ1) is 12.4. The smallest absolute Gasteiger partial charge is 0.263 e. The highest BCUT2D eigenvalue weighted by Crippen LogP contribution is 2.23. The number of hydrogen-bond donors (Lipinski definition) is 2. The van der Waals surface area contributed by atoms with E-state index in [0.717, 1.165) is 5.56 Å². The van der Waals surface area contributed by atoms with Gasteiger partial charge in [0.1, 0.15) is 5.82 Å². The van der Waals surface area contributed by atoms with Gasteiger partial charge in [-0.25, -0.2) is 13.4 Å². The molecule has 0 unspecified atom stereocenters. The van der Waals surface area contributed by atoms with Crippen LogP contribution in [0.1, 0.15) is 18.2 Å². The van der Waals surface area contributed by atoms with Crippen LogP contribution in [-0.4, -0.2) is 18.4 Å². The van der Waals surface area contributed by atoms with Gasteiger partial charge in [-0.3, -0.25) is 9.52 Å². The molecule has 0 saturated carbocycles. The van der Waals surface area contributed by atoms with E-state index in [1.165, 1.54) is 12.1 Å². The quantitative estimate of drug-likeness (QED) is 0.723. The number of nitrogens with one attached hydrogen (secondary N) is 2. The van der Waals surface area contributed by atoms with Gasteiger partial charge in [-0.15, -0.1) is 0 Å². The van der Waals surface area contributed by atoms with Crippen molar-refractivity contribution in [2.75, 3.05) is 4.72 Å². The van der Waals surface area contributed by atoms with Crippen molar-refractivity contribution in [3.05, 3.63) is 76.2 Å². The third kappa shape index (κ3) is 3.67. The molecular weight excluding hydrogens is 350 g/mol. The van der Waals surface area contributed by atoms with Crippen LogP contribution < -0.4 is 10.3 Å². The molecule has 26 heavy (non-hydrogen) atoms. The maximum absolute atomic E-state index is 12.5. The van der Waals surface area contributed by atoms with Gasteiger partial charge in [0.15, 0.2) is 0 Å². The van der Waals surface area contributed by atoms with Gasteiger partial charge in [-0.2, -0.15) is 0 Å². The molecule has 0 radical (unpaired) electrons. The number of rotatable bonds is 5. The van der Waals surface area contributed by atoms with E-state index in [2.05, 4.69) is 14.7 Å². The second-order valence-corrected chi connectivity index (χ2v) is 7.52. The summed E-state index contributed by atoms with van der Waals surface area (Å²) in [6.45, 7) is 3.69. The Morgan fingerprint density at radius 1 is 1.08 bits per heavy atom. The fourth-order valence-electron chi connectivity index (χ4n) is 2.63. The van der Waals surface area contributed by atoms with Crippen LogP contribution in [0.2, 0.25) is 0 Å². The normalized spacial score (nSPS) is 11.3. The molecule has 134 valence electrons. The van der Waals surface area contributed by atoms with Gasteiger partial charge >= 0.3 is 0 Å². The van der Waals surface area contributed by atoms with E-state index >= 15 is 0 Å². The Kier molecular flexibility index (Phi) is 4.90. The third-order valence-corrected chi connectivity index (χ3v) is 5.38. The first kappa shape index (κ1) is 17.9. The van der Waals surface area contributed by atoms with Gasteiger partial charge in [0.05, 0.1) is 10.6 Å². The summed E-state index contributed by atoms with van der Waals surface area (Å²) >= 11 is 0. The summed E-state index contributed by atoms with van der Waals surface area (Å²) in [5.74, 6) is 0.218. The molecule has 0 saturated heterocycles. The van der Waals surface area contributed by atoms with E-state index < -0.39 is 10.0 Å². The van der Waals surface area contributed by atoms with Crippen molar-refractivity contribution in [3.63, 3.8) is 0 Å². The Hall–Kier alpha value is -2.93. The number of sulfonamides is 1. The summed E-state index contributed by atoms with van der Waals surface area (Å²) < 4.78 is 27.4. The molecule has 0 bridgehead atoms. The Labute approximate surface area is 152 Å². The maximum atomic E-state index is 12.5. The molecule has 0 atom stereocenters. The van der Waals surface area contributed by atoms with E-state index in [4.69, 9.17) is 0 Å². The fraction of sp³-hybridized carbons (Fsp3) is 0.158. The lowest BCUT2D eigenvalue weighted by Crippen LogP contribution is -2.15. The van der Waals surface area contributed by atoms with Crippen LogP contribution in [0.4, 0.5) is 5.82 Å². The van der Waals surface area contributed by atoms with Gasteiger partial charge in [0, 0.05) is 16.8 Å². The first-order valence-electron chi connectivity index (χ1n) is 8.19. The molecule has 1 aromatic carbocycles. The molecule has 2 aromatic heterocycles. The zero-order chi connectivity index (χ0) is 18.7. The number of anilines is 1. The minimum Gasteiger partial charge on any atom is -0.326 e. The number of nitrogens with zero attached hydrogens (tertiary/aromatic N) is 1. The topological polar surface area (TPSA) is 91.9 Å². The Bertz CT molecular complexity index is 1090. The third-order valence-electron chi connectivity index (χ3n) is 4.01. The highest BCUT2D eigenvalue weighted by atomic mass is 32.2.